The van der Waals surface area contributed by atoms with E-state index in [4.69, 9.17) is 21.4 Å². The maximum Gasteiger partial charge on any atom is 0.416 e. The number of nitrogens with zero attached hydrogens (tertiary/aromatic N) is 2. The standard InChI is InChI=1S/C25H17ClF3N3O4/c26-17-11-19(22(33)31-24(9-10-24)15-3-1-14(2-4-15)23(34)35)32-20(12-17)30-13-21(32)36-18-7-5-16(6-8-18)25(27,28)29/h1-8,11-13H,9-10H2,(H,31,33)(H,34,35). The minimum Gasteiger partial charge on any atom is -0.478 e. The van der Waals surface area contributed by atoms with E-state index in [-0.39, 0.29) is 27.9 Å². The molecule has 4 aromatic rings. The summed E-state index contributed by atoms with van der Waals surface area (Å²) >= 11 is 6.21. The summed E-state index contributed by atoms with van der Waals surface area (Å²) in [6.45, 7) is 0. The van der Waals surface area contributed by atoms with Crippen molar-refractivity contribution in [2.45, 2.75) is 24.6 Å². The molecule has 1 fully saturated rings. The van der Waals surface area contributed by atoms with Crippen molar-refractivity contribution in [2.24, 2.45) is 0 Å². The van der Waals surface area contributed by atoms with Gasteiger partial charge in [-0.1, -0.05) is 23.7 Å². The molecule has 36 heavy (non-hydrogen) atoms. The Balaban J connectivity index is 1.44. The lowest BCUT2D eigenvalue weighted by Crippen LogP contribution is -2.36. The first kappa shape index (κ1) is 23.7. The number of alkyl halides is 3. The van der Waals surface area contributed by atoms with Crippen LogP contribution in [0.2, 0.25) is 5.02 Å². The van der Waals surface area contributed by atoms with Gasteiger partial charge in [-0.15, -0.1) is 0 Å². The first-order valence-electron chi connectivity index (χ1n) is 10.7. The molecule has 1 aliphatic carbocycles. The highest BCUT2D eigenvalue weighted by atomic mass is 35.5. The van der Waals surface area contributed by atoms with Gasteiger partial charge in [0.05, 0.1) is 22.9 Å². The van der Waals surface area contributed by atoms with Crippen LogP contribution in [0.1, 0.15) is 44.8 Å². The second-order valence-corrected chi connectivity index (χ2v) is 8.83. The lowest BCUT2D eigenvalue weighted by molar-refractivity contribution is -0.137. The number of amides is 1. The molecule has 0 bridgehead atoms. The number of pyridine rings is 1. The molecular weight excluding hydrogens is 499 g/mol. The van der Waals surface area contributed by atoms with E-state index in [9.17, 15) is 22.8 Å². The SMILES string of the molecule is O=C(O)c1ccc(C2(NC(=O)c3cc(Cl)cc4ncc(Oc5ccc(C(F)(F)F)cc5)n34)CC2)cc1. The predicted molar refractivity (Wildman–Crippen MR) is 123 cm³/mol. The number of benzene rings is 2. The number of aromatic nitrogens is 2. The summed E-state index contributed by atoms with van der Waals surface area (Å²) in [5.74, 6) is -1.28. The molecule has 1 amide bonds. The maximum absolute atomic E-state index is 13.4. The normalized spacial score (nSPS) is 14.4. The Kier molecular flexibility index (Phi) is 5.63. The van der Waals surface area contributed by atoms with E-state index >= 15 is 0 Å². The van der Waals surface area contributed by atoms with Crippen molar-refractivity contribution in [3.05, 3.63) is 94.3 Å². The number of carboxylic acid groups (broad SMARTS) is 1. The monoisotopic (exact) mass is 515 g/mol. The van der Waals surface area contributed by atoms with Gasteiger partial charge in [-0.05, 0) is 60.9 Å². The second kappa shape index (κ2) is 8.56. The molecular formula is C25H17ClF3N3O4. The van der Waals surface area contributed by atoms with Gasteiger partial charge in [0.2, 0.25) is 5.88 Å². The van der Waals surface area contributed by atoms with Crippen molar-refractivity contribution in [3.63, 3.8) is 0 Å². The number of hydrogen-bond donors (Lipinski definition) is 2. The molecule has 0 radical (unpaired) electrons. The molecule has 2 N–H and O–H groups in total. The molecule has 0 aliphatic heterocycles. The van der Waals surface area contributed by atoms with Crippen molar-refractivity contribution in [1.82, 2.24) is 14.7 Å². The molecule has 2 aromatic heterocycles. The third-order valence-corrected chi connectivity index (χ3v) is 6.18. The Labute approximate surface area is 207 Å². The number of carboxylic acids is 1. The molecule has 1 saturated carbocycles. The Morgan fingerprint density at radius 2 is 1.72 bits per heavy atom. The zero-order valence-electron chi connectivity index (χ0n) is 18.3. The summed E-state index contributed by atoms with van der Waals surface area (Å²) in [5.41, 5.74) is -0.133. The van der Waals surface area contributed by atoms with E-state index in [0.29, 0.717) is 18.5 Å². The zero-order valence-corrected chi connectivity index (χ0v) is 19.1. The van der Waals surface area contributed by atoms with Crippen LogP contribution in [0.15, 0.2) is 66.9 Å². The van der Waals surface area contributed by atoms with Crippen LogP contribution >= 0.6 is 11.6 Å². The van der Waals surface area contributed by atoms with Crippen molar-refractivity contribution >= 4 is 29.1 Å². The molecule has 11 heteroatoms. The van der Waals surface area contributed by atoms with Gasteiger partial charge in [0, 0.05) is 11.1 Å². The van der Waals surface area contributed by atoms with E-state index < -0.39 is 29.2 Å². The molecule has 2 heterocycles. The number of fused-ring (bicyclic) bond motifs is 1. The van der Waals surface area contributed by atoms with Crippen molar-refractivity contribution in [3.8, 4) is 11.6 Å². The van der Waals surface area contributed by atoms with Gasteiger partial charge in [0.15, 0.2) is 0 Å². The van der Waals surface area contributed by atoms with E-state index in [1.807, 2.05) is 0 Å². The predicted octanol–water partition coefficient (Wildman–Crippen LogP) is 5.92. The second-order valence-electron chi connectivity index (χ2n) is 8.39. The maximum atomic E-state index is 13.4. The third kappa shape index (κ3) is 4.47. The Bertz CT molecular complexity index is 1480. The molecule has 0 saturated heterocycles. The number of aromatic carboxylic acids is 1. The number of nitrogens with one attached hydrogen (secondary N) is 1. The third-order valence-electron chi connectivity index (χ3n) is 5.96. The Morgan fingerprint density at radius 3 is 2.31 bits per heavy atom. The first-order valence-corrected chi connectivity index (χ1v) is 11.1. The molecule has 0 unspecified atom stereocenters. The van der Waals surface area contributed by atoms with Crippen molar-refractivity contribution < 1.29 is 32.6 Å². The summed E-state index contributed by atoms with van der Waals surface area (Å²) in [6, 6.07) is 13.4. The number of hydrogen-bond acceptors (Lipinski definition) is 4. The fraction of sp³-hybridized carbons (Fsp3) is 0.160. The quantitative estimate of drug-likeness (QED) is 0.333. The zero-order chi connectivity index (χ0) is 25.7. The van der Waals surface area contributed by atoms with Gasteiger partial charge >= 0.3 is 12.1 Å². The van der Waals surface area contributed by atoms with Crippen molar-refractivity contribution in [2.75, 3.05) is 0 Å². The van der Waals surface area contributed by atoms with Crippen LogP contribution in [0.5, 0.6) is 11.6 Å². The van der Waals surface area contributed by atoms with Gasteiger partial charge in [-0.3, -0.25) is 9.20 Å². The van der Waals surface area contributed by atoms with Crippen LogP contribution in [0.3, 0.4) is 0 Å². The van der Waals surface area contributed by atoms with Crippen LogP contribution in [0.25, 0.3) is 5.65 Å². The smallest absolute Gasteiger partial charge is 0.416 e. The number of ether oxygens (including phenoxy) is 1. The molecule has 5 rings (SSSR count). The number of halogens is 4. The van der Waals surface area contributed by atoms with Crippen molar-refractivity contribution in [1.29, 1.82) is 0 Å². The summed E-state index contributed by atoms with van der Waals surface area (Å²) in [7, 11) is 0. The largest absolute Gasteiger partial charge is 0.478 e. The van der Waals surface area contributed by atoms with Gasteiger partial charge in [0.1, 0.15) is 17.1 Å². The van der Waals surface area contributed by atoms with Gasteiger partial charge in [-0.2, -0.15) is 13.2 Å². The van der Waals surface area contributed by atoms with Crippen LogP contribution < -0.4 is 10.1 Å². The highest BCUT2D eigenvalue weighted by molar-refractivity contribution is 6.31. The summed E-state index contributed by atoms with van der Waals surface area (Å²) < 4.78 is 45.8. The van der Waals surface area contributed by atoms with E-state index in [0.717, 1.165) is 17.7 Å². The average Bonchev–Trinajstić information content (AvgIpc) is 3.51. The minimum atomic E-state index is -4.48. The lowest BCUT2D eigenvalue weighted by atomic mass is 10.0. The lowest BCUT2D eigenvalue weighted by Gasteiger charge is -2.19. The van der Waals surface area contributed by atoms with Crippen LogP contribution in [-0.2, 0) is 11.7 Å². The van der Waals surface area contributed by atoms with Crippen LogP contribution in [-0.4, -0.2) is 26.4 Å². The highest BCUT2D eigenvalue weighted by Crippen LogP contribution is 2.46. The molecule has 1 aliphatic rings. The summed E-state index contributed by atoms with van der Waals surface area (Å²) in [4.78, 5) is 28.7. The summed E-state index contributed by atoms with van der Waals surface area (Å²) in [6.07, 6.45) is -1.81. The van der Waals surface area contributed by atoms with Gasteiger partial charge < -0.3 is 15.2 Å². The van der Waals surface area contributed by atoms with Gasteiger partial charge in [-0.25, -0.2) is 9.78 Å². The first-order chi connectivity index (χ1) is 17.1. The highest BCUT2D eigenvalue weighted by Gasteiger charge is 2.46. The topological polar surface area (TPSA) is 92.9 Å². The Morgan fingerprint density at radius 1 is 1.06 bits per heavy atom. The van der Waals surface area contributed by atoms with E-state index in [1.165, 1.54) is 47.0 Å². The van der Waals surface area contributed by atoms with E-state index in [1.54, 1.807) is 12.1 Å². The number of imidazole rings is 1. The average molecular weight is 516 g/mol. The number of rotatable bonds is 6. The molecule has 0 atom stereocenters. The fourth-order valence-electron chi connectivity index (χ4n) is 3.95. The molecule has 184 valence electrons. The fourth-order valence-corrected chi connectivity index (χ4v) is 4.15. The minimum absolute atomic E-state index is 0.113. The number of carbonyl (C=O) groups is 2. The van der Waals surface area contributed by atoms with Crippen LogP contribution in [0.4, 0.5) is 13.2 Å². The van der Waals surface area contributed by atoms with Gasteiger partial charge in [0.25, 0.3) is 5.91 Å². The Hall–Kier alpha value is -4.05. The van der Waals surface area contributed by atoms with Crippen LogP contribution in [0, 0.1) is 0 Å². The molecule has 7 nitrogen and oxygen atoms in total. The number of carbonyl (C=O) groups excluding carboxylic acids is 1. The molecule has 0 spiro atoms. The van der Waals surface area contributed by atoms with E-state index in [2.05, 4.69) is 10.3 Å². The summed E-state index contributed by atoms with van der Waals surface area (Å²) in [5, 5.41) is 12.4. The molecule has 2 aromatic carbocycles.